The van der Waals surface area contributed by atoms with Gasteiger partial charge in [-0.3, -0.25) is 9.59 Å². The second-order valence-electron chi connectivity index (χ2n) is 5.24. The summed E-state index contributed by atoms with van der Waals surface area (Å²) in [6.45, 7) is 0.745. The van der Waals surface area contributed by atoms with Gasteiger partial charge in [-0.25, -0.2) is 0 Å². The summed E-state index contributed by atoms with van der Waals surface area (Å²) >= 11 is 7.80. The van der Waals surface area contributed by atoms with Crippen molar-refractivity contribution in [2.24, 2.45) is 0 Å². The molecule has 1 aromatic rings. The summed E-state index contributed by atoms with van der Waals surface area (Å²) in [6.07, 6.45) is 0. The van der Waals surface area contributed by atoms with Crippen LogP contribution in [-0.4, -0.2) is 62.5 Å². The number of methoxy groups -OCH3 is 2. The van der Waals surface area contributed by atoms with E-state index in [2.05, 4.69) is 5.32 Å². The van der Waals surface area contributed by atoms with Crippen molar-refractivity contribution >= 4 is 35.2 Å². The van der Waals surface area contributed by atoms with Crippen molar-refractivity contribution < 1.29 is 19.1 Å². The monoisotopic (exact) mass is 372 g/mol. The highest BCUT2D eigenvalue weighted by Crippen LogP contribution is 2.43. The van der Waals surface area contributed by atoms with Crippen molar-refractivity contribution in [1.29, 1.82) is 0 Å². The molecule has 0 saturated carbocycles. The van der Waals surface area contributed by atoms with Crippen LogP contribution < -0.4 is 5.32 Å². The van der Waals surface area contributed by atoms with Gasteiger partial charge >= 0.3 is 0 Å². The number of benzene rings is 1. The van der Waals surface area contributed by atoms with Gasteiger partial charge in [-0.15, -0.1) is 11.8 Å². The predicted molar refractivity (Wildman–Crippen MR) is 94.0 cm³/mol. The molecule has 0 aromatic heterocycles. The van der Waals surface area contributed by atoms with E-state index in [1.54, 1.807) is 18.1 Å². The molecule has 24 heavy (non-hydrogen) atoms. The molecule has 132 valence electrons. The number of amides is 2. The average molecular weight is 373 g/mol. The van der Waals surface area contributed by atoms with Crippen LogP contribution in [0.5, 0.6) is 0 Å². The fraction of sp³-hybridized carbons (Fsp3) is 0.500. The molecule has 0 radical (unpaired) electrons. The summed E-state index contributed by atoms with van der Waals surface area (Å²) in [4.78, 5) is 26.5. The number of hydrogen-bond acceptors (Lipinski definition) is 5. The molecule has 1 fully saturated rings. The third-order valence-electron chi connectivity index (χ3n) is 3.64. The van der Waals surface area contributed by atoms with Crippen molar-refractivity contribution in [3.8, 4) is 0 Å². The van der Waals surface area contributed by atoms with E-state index in [1.807, 2.05) is 18.2 Å². The predicted octanol–water partition coefficient (Wildman–Crippen LogP) is 1.69. The van der Waals surface area contributed by atoms with Crippen LogP contribution in [0.1, 0.15) is 10.9 Å². The Kier molecular flexibility index (Phi) is 7.36. The van der Waals surface area contributed by atoms with E-state index in [0.29, 0.717) is 23.9 Å². The number of carbonyl (C=O) groups is 2. The second kappa shape index (κ2) is 9.27. The van der Waals surface area contributed by atoms with E-state index in [1.165, 1.54) is 18.9 Å². The Hall–Kier alpha value is -1.28. The smallest absolute Gasteiger partial charge is 0.250 e. The van der Waals surface area contributed by atoms with Gasteiger partial charge in [0.25, 0.3) is 0 Å². The van der Waals surface area contributed by atoms with Crippen LogP contribution in [0.2, 0.25) is 5.02 Å². The van der Waals surface area contributed by atoms with Crippen LogP contribution >= 0.6 is 23.4 Å². The third kappa shape index (κ3) is 4.42. The first-order chi connectivity index (χ1) is 11.6. The van der Waals surface area contributed by atoms with Crippen LogP contribution in [0, 0.1) is 0 Å². The van der Waals surface area contributed by atoms with Gasteiger partial charge < -0.3 is 19.7 Å². The quantitative estimate of drug-likeness (QED) is 0.738. The largest absolute Gasteiger partial charge is 0.383 e. The number of carbonyl (C=O) groups excluding carboxylic acids is 2. The van der Waals surface area contributed by atoms with E-state index in [9.17, 15) is 9.59 Å². The Morgan fingerprint density at radius 1 is 1.33 bits per heavy atom. The Morgan fingerprint density at radius 3 is 2.75 bits per heavy atom. The van der Waals surface area contributed by atoms with Gasteiger partial charge in [-0.2, -0.15) is 0 Å². The van der Waals surface area contributed by atoms with Crippen LogP contribution in [0.4, 0.5) is 0 Å². The zero-order chi connectivity index (χ0) is 17.5. The van der Waals surface area contributed by atoms with Gasteiger partial charge in [0.05, 0.1) is 6.61 Å². The van der Waals surface area contributed by atoms with Gasteiger partial charge in [-0.05, 0) is 6.07 Å². The maximum absolute atomic E-state index is 12.5. The lowest BCUT2D eigenvalue weighted by atomic mass is 10.1. The molecular formula is C16H21ClN2O4S. The molecule has 1 heterocycles. The molecule has 6 nitrogen and oxygen atoms in total. The molecule has 0 bridgehead atoms. The standard InChI is InChI=1S/C16H21ClN2O4S/c1-22-8-7-18-15(21)13-10-24-16(19(13)14(20)9-23-2)11-5-3-4-6-12(11)17/h3-6,13,16H,7-10H2,1-2H3,(H,18,21). The number of ether oxygens (including phenoxy) is 2. The number of nitrogens with one attached hydrogen (secondary N) is 1. The zero-order valence-corrected chi connectivity index (χ0v) is 15.2. The fourth-order valence-corrected chi connectivity index (χ4v) is 4.31. The summed E-state index contributed by atoms with van der Waals surface area (Å²) in [7, 11) is 3.03. The number of halogens is 1. The Morgan fingerprint density at radius 2 is 2.08 bits per heavy atom. The van der Waals surface area contributed by atoms with Crippen molar-refractivity contribution in [3.05, 3.63) is 34.9 Å². The van der Waals surface area contributed by atoms with E-state index in [0.717, 1.165) is 5.56 Å². The number of nitrogens with zero attached hydrogens (tertiary/aromatic N) is 1. The molecule has 1 aromatic carbocycles. The second-order valence-corrected chi connectivity index (χ2v) is 6.76. The molecule has 2 unspecified atom stereocenters. The molecule has 0 spiro atoms. The Balaban J connectivity index is 2.21. The summed E-state index contributed by atoms with van der Waals surface area (Å²) in [5, 5.41) is 3.06. The van der Waals surface area contributed by atoms with Crippen molar-refractivity contribution in [2.45, 2.75) is 11.4 Å². The molecule has 1 saturated heterocycles. The fourth-order valence-electron chi connectivity index (χ4n) is 2.52. The highest BCUT2D eigenvalue weighted by molar-refractivity contribution is 7.99. The first-order valence-electron chi connectivity index (χ1n) is 7.53. The molecule has 1 N–H and O–H groups in total. The topological polar surface area (TPSA) is 67.9 Å². The van der Waals surface area contributed by atoms with E-state index in [4.69, 9.17) is 21.1 Å². The molecule has 2 atom stereocenters. The van der Waals surface area contributed by atoms with Crippen molar-refractivity contribution in [1.82, 2.24) is 10.2 Å². The summed E-state index contributed by atoms with van der Waals surface area (Å²) in [5.41, 5.74) is 0.820. The first-order valence-corrected chi connectivity index (χ1v) is 8.95. The SMILES string of the molecule is COCCNC(=O)C1CSC(c2ccccc2Cl)N1C(=O)COC. The normalized spacial score (nSPS) is 20.2. The number of rotatable bonds is 7. The molecule has 1 aliphatic heterocycles. The maximum Gasteiger partial charge on any atom is 0.250 e. The number of thioether (sulfide) groups is 1. The van der Waals surface area contributed by atoms with Crippen LogP contribution in [0.15, 0.2) is 24.3 Å². The van der Waals surface area contributed by atoms with Crippen LogP contribution in [-0.2, 0) is 19.1 Å². The summed E-state index contributed by atoms with van der Waals surface area (Å²) < 4.78 is 9.91. The van der Waals surface area contributed by atoms with Gasteiger partial charge in [0.1, 0.15) is 18.0 Å². The molecule has 8 heteroatoms. The zero-order valence-electron chi connectivity index (χ0n) is 13.7. The van der Waals surface area contributed by atoms with E-state index < -0.39 is 6.04 Å². The molecule has 2 rings (SSSR count). The highest BCUT2D eigenvalue weighted by atomic mass is 35.5. The average Bonchev–Trinajstić information content (AvgIpc) is 3.00. The minimum absolute atomic E-state index is 0.0800. The maximum atomic E-state index is 12.5. The van der Waals surface area contributed by atoms with Crippen molar-refractivity contribution in [3.63, 3.8) is 0 Å². The lowest BCUT2D eigenvalue weighted by Crippen LogP contribution is -2.49. The minimum Gasteiger partial charge on any atom is -0.383 e. The molecule has 1 aliphatic rings. The Labute approximate surface area is 150 Å². The van der Waals surface area contributed by atoms with Gasteiger partial charge in [0.15, 0.2) is 0 Å². The highest BCUT2D eigenvalue weighted by Gasteiger charge is 2.42. The van der Waals surface area contributed by atoms with E-state index in [-0.39, 0.29) is 23.8 Å². The summed E-state index contributed by atoms with van der Waals surface area (Å²) in [6, 6.07) is 6.80. The van der Waals surface area contributed by atoms with Gasteiger partial charge in [0, 0.05) is 37.1 Å². The Bertz CT molecular complexity index is 587. The lowest BCUT2D eigenvalue weighted by Gasteiger charge is -2.29. The minimum atomic E-state index is -0.559. The number of hydrogen-bond donors (Lipinski definition) is 1. The third-order valence-corrected chi connectivity index (χ3v) is 5.28. The van der Waals surface area contributed by atoms with Gasteiger partial charge in [0.2, 0.25) is 11.8 Å². The molecular weight excluding hydrogens is 352 g/mol. The van der Waals surface area contributed by atoms with Crippen LogP contribution in [0.3, 0.4) is 0 Å². The lowest BCUT2D eigenvalue weighted by molar-refractivity contribution is -0.142. The molecule has 0 aliphatic carbocycles. The van der Waals surface area contributed by atoms with Crippen LogP contribution in [0.25, 0.3) is 0 Å². The first kappa shape index (κ1) is 19.1. The summed E-state index contributed by atoms with van der Waals surface area (Å²) in [5.74, 6) is 0.0716. The van der Waals surface area contributed by atoms with Gasteiger partial charge in [-0.1, -0.05) is 29.8 Å². The van der Waals surface area contributed by atoms with E-state index >= 15 is 0 Å². The van der Waals surface area contributed by atoms with Crippen molar-refractivity contribution in [2.75, 3.05) is 39.7 Å². The molecule has 2 amide bonds.